The highest BCUT2D eigenvalue weighted by Crippen LogP contribution is 2.18. The van der Waals surface area contributed by atoms with Crippen molar-refractivity contribution in [2.45, 2.75) is 82.9 Å². The fraction of sp³-hybridized carbons (Fsp3) is 0.684. The van der Waals surface area contributed by atoms with Crippen LogP contribution >= 0.6 is 23.2 Å². The number of halogens is 2. The van der Waals surface area contributed by atoms with E-state index in [1.807, 2.05) is 18.2 Å². The van der Waals surface area contributed by atoms with Crippen LogP contribution in [-0.4, -0.2) is 5.38 Å². The van der Waals surface area contributed by atoms with Gasteiger partial charge >= 0.3 is 0 Å². The molecule has 0 saturated heterocycles. The van der Waals surface area contributed by atoms with Crippen LogP contribution in [0.3, 0.4) is 0 Å². The molecule has 1 rings (SSSR count). The summed E-state index contributed by atoms with van der Waals surface area (Å²) in [5.41, 5.74) is 1.25. The minimum Gasteiger partial charge on any atom is -0.123 e. The standard InChI is InChI=1S/C19H30Cl2/c1-2-3-4-5-6-7-8-9-10-13-18(20)15-17-12-11-14-19(21)16-17/h11-12,14,16,18H,2-10,13,15H2,1H3. The third kappa shape index (κ3) is 10.2. The molecule has 0 amide bonds. The van der Waals surface area contributed by atoms with Crippen LogP contribution in [0.4, 0.5) is 0 Å². The molecule has 0 aliphatic carbocycles. The third-order valence-corrected chi connectivity index (χ3v) is 4.57. The molecular weight excluding hydrogens is 299 g/mol. The molecule has 0 bridgehead atoms. The molecule has 0 heterocycles. The van der Waals surface area contributed by atoms with Crippen molar-refractivity contribution in [3.05, 3.63) is 34.9 Å². The fourth-order valence-electron chi connectivity index (χ4n) is 2.70. The zero-order valence-electron chi connectivity index (χ0n) is 13.4. The van der Waals surface area contributed by atoms with Crippen LogP contribution in [0.2, 0.25) is 5.02 Å². The summed E-state index contributed by atoms with van der Waals surface area (Å²) in [5.74, 6) is 0. The maximum absolute atomic E-state index is 6.42. The molecule has 0 aromatic heterocycles. The highest BCUT2D eigenvalue weighted by atomic mass is 35.5. The monoisotopic (exact) mass is 328 g/mol. The molecule has 0 aliphatic rings. The van der Waals surface area contributed by atoms with E-state index in [2.05, 4.69) is 13.0 Å². The molecule has 0 saturated carbocycles. The van der Waals surface area contributed by atoms with Crippen molar-refractivity contribution in [2.24, 2.45) is 0 Å². The summed E-state index contributed by atoms with van der Waals surface area (Å²) in [5, 5.41) is 1.05. The lowest BCUT2D eigenvalue weighted by Crippen LogP contribution is -2.03. The summed E-state index contributed by atoms with van der Waals surface area (Å²) < 4.78 is 0. The lowest BCUT2D eigenvalue weighted by atomic mass is 10.0. The van der Waals surface area contributed by atoms with Gasteiger partial charge in [-0.2, -0.15) is 0 Å². The van der Waals surface area contributed by atoms with Gasteiger partial charge in [-0.15, -0.1) is 11.6 Å². The molecule has 0 aliphatic heterocycles. The first-order valence-electron chi connectivity index (χ1n) is 8.61. The van der Waals surface area contributed by atoms with Gasteiger partial charge in [0, 0.05) is 10.4 Å². The van der Waals surface area contributed by atoms with Crippen molar-refractivity contribution in [3.8, 4) is 0 Å². The summed E-state index contributed by atoms with van der Waals surface area (Å²) in [6, 6.07) is 8.04. The van der Waals surface area contributed by atoms with Crippen LogP contribution in [0.25, 0.3) is 0 Å². The minimum atomic E-state index is 0.244. The van der Waals surface area contributed by atoms with E-state index in [1.54, 1.807) is 0 Å². The predicted molar refractivity (Wildman–Crippen MR) is 96.6 cm³/mol. The second-order valence-corrected chi connectivity index (χ2v) is 7.10. The SMILES string of the molecule is CCCCCCCCCCCC(Cl)Cc1cccc(Cl)c1. The van der Waals surface area contributed by atoms with E-state index in [-0.39, 0.29) is 5.38 Å². The second kappa shape index (κ2) is 12.4. The average Bonchev–Trinajstić information content (AvgIpc) is 2.45. The lowest BCUT2D eigenvalue weighted by molar-refractivity contribution is 0.551. The van der Waals surface area contributed by atoms with Crippen molar-refractivity contribution in [1.29, 1.82) is 0 Å². The molecule has 1 aromatic rings. The molecule has 0 fully saturated rings. The first kappa shape index (κ1) is 18.8. The van der Waals surface area contributed by atoms with Gasteiger partial charge < -0.3 is 0 Å². The Morgan fingerprint density at radius 2 is 1.52 bits per heavy atom. The van der Waals surface area contributed by atoms with E-state index in [0.29, 0.717) is 0 Å². The Hall–Kier alpha value is -0.200. The fourth-order valence-corrected chi connectivity index (χ4v) is 3.24. The molecule has 1 unspecified atom stereocenters. The number of alkyl halides is 1. The molecule has 1 aromatic carbocycles. The number of benzene rings is 1. The number of hydrogen-bond acceptors (Lipinski definition) is 0. The summed E-state index contributed by atoms with van der Waals surface area (Å²) >= 11 is 12.4. The average molecular weight is 329 g/mol. The smallest absolute Gasteiger partial charge is 0.0408 e. The van der Waals surface area contributed by atoms with Crippen LogP contribution in [0, 0.1) is 0 Å². The Bertz CT molecular complexity index is 362. The van der Waals surface area contributed by atoms with Crippen molar-refractivity contribution in [3.63, 3.8) is 0 Å². The largest absolute Gasteiger partial charge is 0.123 e. The zero-order valence-corrected chi connectivity index (χ0v) is 14.9. The van der Waals surface area contributed by atoms with Gasteiger partial charge in [0.1, 0.15) is 0 Å². The summed E-state index contributed by atoms with van der Waals surface area (Å²) in [6.07, 6.45) is 14.4. The van der Waals surface area contributed by atoms with E-state index in [9.17, 15) is 0 Å². The molecule has 2 heteroatoms. The summed E-state index contributed by atoms with van der Waals surface area (Å²) in [4.78, 5) is 0. The molecule has 1 atom stereocenters. The molecule has 0 N–H and O–H groups in total. The van der Waals surface area contributed by atoms with Crippen molar-refractivity contribution in [1.82, 2.24) is 0 Å². The van der Waals surface area contributed by atoms with Gasteiger partial charge in [-0.05, 0) is 30.5 Å². The Kier molecular flexibility index (Phi) is 11.1. The van der Waals surface area contributed by atoms with Crippen molar-refractivity contribution < 1.29 is 0 Å². The topological polar surface area (TPSA) is 0 Å². The van der Waals surface area contributed by atoms with E-state index in [4.69, 9.17) is 23.2 Å². The highest BCUT2D eigenvalue weighted by Gasteiger charge is 2.06. The molecular formula is C19H30Cl2. The molecule has 0 radical (unpaired) electrons. The van der Waals surface area contributed by atoms with Crippen LogP contribution in [0.1, 0.15) is 76.7 Å². The van der Waals surface area contributed by atoms with Gasteiger partial charge in [0.25, 0.3) is 0 Å². The maximum Gasteiger partial charge on any atom is 0.0408 e. The Morgan fingerprint density at radius 3 is 2.14 bits per heavy atom. The molecule has 0 spiro atoms. The Balaban J connectivity index is 1.97. The first-order chi connectivity index (χ1) is 10.2. The quantitative estimate of drug-likeness (QED) is 0.276. The Morgan fingerprint density at radius 1 is 0.905 bits per heavy atom. The number of unbranched alkanes of at least 4 members (excludes halogenated alkanes) is 8. The van der Waals surface area contributed by atoms with E-state index >= 15 is 0 Å². The van der Waals surface area contributed by atoms with Crippen LogP contribution in [0.5, 0.6) is 0 Å². The molecule has 21 heavy (non-hydrogen) atoms. The van der Waals surface area contributed by atoms with Gasteiger partial charge in [0.15, 0.2) is 0 Å². The maximum atomic E-state index is 6.42. The van der Waals surface area contributed by atoms with E-state index < -0.39 is 0 Å². The summed E-state index contributed by atoms with van der Waals surface area (Å²) in [7, 11) is 0. The number of hydrogen-bond donors (Lipinski definition) is 0. The van der Waals surface area contributed by atoms with Gasteiger partial charge in [-0.3, -0.25) is 0 Å². The van der Waals surface area contributed by atoms with Crippen LogP contribution < -0.4 is 0 Å². The van der Waals surface area contributed by atoms with Crippen molar-refractivity contribution in [2.75, 3.05) is 0 Å². The van der Waals surface area contributed by atoms with E-state index in [1.165, 1.54) is 63.4 Å². The third-order valence-electron chi connectivity index (χ3n) is 3.97. The lowest BCUT2D eigenvalue weighted by Gasteiger charge is -2.09. The summed E-state index contributed by atoms with van der Waals surface area (Å²) in [6.45, 7) is 2.27. The van der Waals surface area contributed by atoms with Crippen LogP contribution in [-0.2, 0) is 6.42 Å². The van der Waals surface area contributed by atoms with Gasteiger partial charge in [0.2, 0.25) is 0 Å². The molecule has 120 valence electrons. The zero-order chi connectivity index (χ0) is 15.3. The van der Waals surface area contributed by atoms with E-state index in [0.717, 1.165) is 17.9 Å². The van der Waals surface area contributed by atoms with Gasteiger partial charge in [-0.25, -0.2) is 0 Å². The first-order valence-corrected chi connectivity index (χ1v) is 9.42. The van der Waals surface area contributed by atoms with Gasteiger partial charge in [0.05, 0.1) is 0 Å². The minimum absolute atomic E-state index is 0.244. The molecule has 0 nitrogen and oxygen atoms in total. The Labute approximate surface area is 141 Å². The van der Waals surface area contributed by atoms with Crippen molar-refractivity contribution >= 4 is 23.2 Å². The van der Waals surface area contributed by atoms with Crippen LogP contribution in [0.15, 0.2) is 24.3 Å². The second-order valence-electron chi connectivity index (χ2n) is 6.05. The number of rotatable bonds is 12. The highest BCUT2D eigenvalue weighted by molar-refractivity contribution is 6.30. The predicted octanol–water partition coefficient (Wildman–Crippen LogP) is 7.41. The van der Waals surface area contributed by atoms with Gasteiger partial charge in [-0.1, -0.05) is 88.4 Å². The normalized spacial score (nSPS) is 12.5.